The minimum atomic E-state index is -3.80. The van der Waals surface area contributed by atoms with Gasteiger partial charge in [-0.1, -0.05) is 12.1 Å². The van der Waals surface area contributed by atoms with E-state index in [-0.39, 0.29) is 11.7 Å². The molecule has 0 radical (unpaired) electrons. The molecule has 0 bridgehead atoms. The van der Waals surface area contributed by atoms with Crippen molar-refractivity contribution in [3.63, 3.8) is 0 Å². The summed E-state index contributed by atoms with van der Waals surface area (Å²) in [6, 6.07) is 6.40. The normalized spacial score (nSPS) is 14.0. The average molecular weight is 508 g/mol. The monoisotopic (exact) mass is 507 g/mol. The number of alkyl halides is 2. The van der Waals surface area contributed by atoms with Crippen LogP contribution >= 0.6 is 0 Å². The summed E-state index contributed by atoms with van der Waals surface area (Å²) in [4.78, 5) is 8.93. The molecule has 0 spiro atoms. The van der Waals surface area contributed by atoms with E-state index >= 15 is 4.39 Å². The number of nitrogens with zero attached hydrogens (tertiary/aromatic N) is 2. The van der Waals surface area contributed by atoms with Crippen LogP contribution in [0.2, 0.25) is 0 Å². The van der Waals surface area contributed by atoms with Gasteiger partial charge in [0.2, 0.25) is 0 Å². The van der Waals surface area contributed by atoms with E-state index in [0.717, 1.165) is 19.9 Å². The minimum absolute atomic E-state index is 0.000424. The highest BCUT2D eigenvalue weighted by Gasteiger charge is 2.49. The van der Waals surface area contributed by atoms with Crippen LogP contribution in [-0.2, 0) is 10.7 Å². The van der Waals surface area contributed by atoms with Crippen LogP contribution in [0.15, 0.2) is 30.3 Å². The number of ether oxygens (including phenoxy) is 3. The lowest BCUT2D eigenvalue weighted by atomic mass is 9.91. The fourth-order valence-electron chi connectivity index (χ4n) is 3.84. The van der Waals surface area contributed by atoms with Gasteiger partial charge in [0.1, 0.15) is 29.2 Å². The van der Waals surface area contributed by atoms with Crippen LogP contribution in [0.25, 0.3) is 10.9 Å². The molecule has 3 rings (SSSR count). The predicted molar refractivity (Wildman–Crippen MR) is 131 cm³/mol. The Labute approximate surface area is 208 Å². The van der Waals surface area contributed by atoms with Gasteiger partial charge in [-0.05, 0) is 46.8 Å². The molecular formula is C26H32F3N3O4. The molecule has 36 heavy (non-hydrogen) atoms. The average Bonchev–Trinajstić information content (AvgIpc) is 2.78. The van der Waals surface area contributed by atoms with Gasteiger partial charge in [-0.25, -0.2) is 14.4 Å². The number of aliphatic hydroxyl groups is 1. The second-order valence-electron chi connectivity index (χ2n) is 9.23. The van der Waals surface area contributed by atoms with Crippen molar-refractivity contribution in [1.82, 2.24) is 9.97 Å². The van der Waals surface area contributed by atoms with Crippen LogP contribution in [0.1, 0.15) is 50.7 Å². The molecule has 0 aliphatic heterocycles. The number of aryl methyl sites for hydroxylation is 1. The zero-order valence-corrected chi connectivity index (χ0v) is 21.4. The van der Waals surface area contributed by atoms with Crippen LogP contribution in [-0.4, -0.2) is 47.6 Å². The van der Waals surface area contributed by atoms with Crippen molar-refractivity contribution in [2.45, 2.75) is 58.3 Å². The van der Waals surface area contributed by atoms with Gasteiger partial charge in [0.15, 0.2) is 11.5 Å². The molecule has 3 aromatic rings. The number of methoxy groups -OCH3 is 2. The first-order valence-corrected chi connectivity index (χ1v) is 11.5. The van der Waals surface area contributed by atoms with Crippen molar-refractivity contribution in [2.75, 3.05) is 26.1 Å². The quantitative estimate of drug-likeness (QED) is 0.373. The summed E-state index contributed by atoms with van der Waals surface area (Å²) >= 11 is 0. The number of hydrogen-bond donors (Lipinski definition) is 2. The third-order valence-electron chi connectivity index (χ3n) is 5.78. The molecule has 0 fully saturated rings. The molecule has 0 aliphatic carbocycles. The number of hydrogen-bond acceptors (Lipinski definition) is 7. The number of benzene rings is 2. The summed E-state index contributed by atoms with van der Waals surface area (Å²) in [5, 5.41) is 13.6. The topological polar surface area (TPSA) is 85.7 Å². The second-order valence-corrected chi connectivity index (χ2v) is 9.23. The molecule has 0 amide bonds. The van der Waals surface area contributed by atoms with E-state index in [9.17, 15) is 13.9 Å². The van der Waals surface area contributed by atoms with Crippen molar-refractivity contribution in [3.8, 4) is 11.5 Å². The SMILES string of the molecule is COC[C@@H](C)Oc1cc2c(N[C@H](C)c3cccc(C(F)(F)C(C)(C)O)c3F)nc(C)nc2cc1OC. The Morgan fingerprint density at radius 1 is 1.08 bits per heavy atom. The lowest BCUT2D eigenvalue weighted by molar-refractivity contribution is -0.170. The maximum absolute atomic E-state index is 15.3. The van der Waals surface area contributed by atoms with Gasteiger partial charge in [-0.15, -0.1) is 0 Å². The van der Waals surface area contributed by atoms with E-state index in [0.29, 0.717) is 40.7 Å². The van der Waals surface area contributed by atoms with Crippen LogP contribution in [0.3, 0.4) is 0 Å². The third-order valence-corrected chi connectivity index (χ3v) is 5.78. The van der Waals surface area contributed by atoms with Gasteiger partial charge in [0, 0.05) is 24.1 Å². The Morgan fingerprint density at radius 3 is 2.39 bits per heavy atom. The minimum Gasteiger partial charge on any atom is -0.493 e. The fourth-order valence-corrected chi connectivity index (χ4v) is 3.84. The Hall–Kier alpha value is -3.11. The van der Waals surface area contributed by atoms with Crippen molar-refractivity contribution in [2.24, 2.45) is 0 Å². The first kappa shape index (κ1) is 27.5. The lowest BCUT2D eigenvalue weighted by Gasteiger charge is -2.30. The Balaban J connectivity index is 2.05. The summed E-state index contributed by atoms with van der Waals surface area (Å²) in [6.45, 7) is 7.43. The second kappa shape index (κ2) is 10.5. The van der Waals surface area contributed by atoms with Crippen molar-refractivity contribution < 1.29 is 32.5 Å². The summed E-state index contributed by atoms with van der Waals surface area (Å²) in [6.07, 6.45) is -0.266. The molecule has 0 unspecified atom stereocenters. The Morgan fingerprint density at radius 2 is 1.78 bits per heavy atom. The molecule has 0 aliphatic rings. The maximum atomic E-state index is 15.3. The summed E-state index contributed by atoms with van der Waals surface area (Å²) < 4.78 is 61.4. The number of fused-ring (bicyclic) bond motifs is 1. The highest BCUT2D eigenvalue weighted by atomic mass is 19.3. The van der Waals surface area contributed by atoms with Gasteiger partial charge in [-0.3, -0.25) is 0 Å². The summed E-state index contributed by atoms with van der Waals surface area (Å²) in [5.74, 6) is -3.17. The fraction of sp³-hybridized carbons (Fsp3) is 0.462. The number of aromatic nitrogens is 2. The van der Waals surface area contributed by atoms with E-state index in [1.807, 2.05) is 6.92 Å². The highest BCUT2D eigenvalue weighted by molar-refractivity contribution is 5.92. The number of nitrogens with one attached hydrogen (secondary N) is 1. The Bertz CT molecular complexity index is 1230. The predicted octanol–water partition coefficient (Wildman–Crippen LogP) is 5.54. The summed E-state index contributed by atoms with van der Waals surface area (Å²) in [7, 11) is 3.09. The zero-order valence-electron chi connectivity index (χ0n) is 21.4. The van der Waals surface area contributed by atoms with E-state index in [2.05, 4.69) is 15.3 Å². The first-order chi connectivity index (χ1) is 16.8. The molecular weight excluding hydrogens is 475 g/mol. The molecule has 2 atom stereocenters. The van der Waals surface area contributed by atoms with Gasteiger partial charge in [0.05, 0.1) is 30.8 Å². The largest absolute Gasteiger partial charge is 0.493 e. The van der Waals surface area contributed by atoms with E-state index in [4.69, 9.17) is 14.2 Å². The number of anilines is 1. The highest BCUT2D eigenvalue weighted by Crippen LogP contribution is 2.42. The molecule has 7 nitrogen and oxygen atoms in total. The van der Waals surface area contributed by atoms with E-state index < -0.39 is 28.9 Å². The molecule has 196 valence electrons. The van der Waals surface area contributed by atoms with E-state index in [1.165, 1.54) is 19.2 Å². The van der Waals surface area contributed by atoms with Crippen LogP contribution in [0.4, 0.5) is 19.0 Å². The third kappa shape index (κ3) is 5.49. The maximum Gasteiger partial charge on any atom is 0.303 e. The molecule has 1 aromatic heterocycles. The van der Waals surface area contributed by atoms with E-state index in [1.54, 1.807) is 33.1 Å². The van der Waals surface area contributed by atoms with Gasteiger partial charge >= 0.3 is 5.92 Å². The van der Waals surface area contributed by atoms with Gasteiger partial charge in [0.25, 0.3) is 0 Å². The van der Waals surface area contributed by atoms with Gasteiger partial charge < -0.3 is 24.6 Å². The van der Waals surface area contributed by atoms with Crippen molar-refractivity contribution in [1.29, 1.82) is 0 Å². The summed E-state index contributed by atoms with van der Waals surface area (Å²) in [5.41, 5.74) is -2.76. The molecule has 2 N–H and O–H groups in total. The van der Waals surface area contributed by atoms with Crippen molar-refractivity contribution in [3.05, 3.63) is 53.1 Å². The van der Waals surface area contributed by atoms with Crippen LogP contribution in [0, 0.1) is 12.7 Å². The molecule has 1 heterocycles. The number of halogens is 3. The first-order valence-electron chi connectivity index (χ1n) is 11.5. The van der Waals surface area contributed by atoms with Crippen LogP contribution < -0.4 is 14.8 Å². The van der Waals surface area contributed by atoms with Gasteiger partial charge in [-0.2, -0.15) is 8.78 Å². The standard InChI is InChI=1S/C26H32F3N3O4/c1-14(13-34-6)36-22-11-18-20(12-21(22)35-7)31-16(3)32-24(18)30-15(2)17-9-8-10-19(23(17)27)26(28,29)25(4,5)33/h8-12,14-15,33H,13H2,1-7H3,(H,30,31,32)/t14-,15-/m1/s1. The zero-order chi connectivity index (χ0) is 26.8. The lowest BCUT2D eigenvalue weighted by Crippen LogP contribution is -2.41. The van der Waals surface area contributed by atoms with Crippen LogP contribution in [0.5, 0.6) is 11.5 Å². The molecule has 0 saturated carbocycles. The molecule has 10 heteroatoms. The molecule has 0 saturated heterocycles. The number of rotatable bonds is 10. The van der Waals surface area contributed by atoms with Crippen molar-refractivity contribution >= 4 is 16.7 Å². The molecule has 2 aromatic carbocycles. The Kier molecular flexibility index (Phi) is 8.00. The smallest absolute Gasteiger partial charge is 0.303 e.